The zero-order valence-electron chi connectivity index (χ0n) is 7.45. The molecule has 3 nitrogen and oxygen atoms in total. The molecule has 1 aromatic carbocycles. The van der Waals surface area contributed by atoms with E-state index in [2.05, 4.69) is 0 Å². The standard InChI is InChI=1S/C6H5ClO.C2H4O2.K/c7-5-1-3-6(8)4-2-5;1-2(3)4;/h1-4,8H;1H3,(H,3,4);/q;;+1/p-1. The van der Waals surface area contributed by atoms with Gasteiger partial charge in [0.15, 0.2) is 0 Å². The average molecular weight is 227 g/mol. The minimum atomic E-state index is -0.833. The van der Waals surface area contributed by atoms with Crippen molar-refractivity contribution in [3.05, 3.63) is 29.3 Å². The summed E-state index contributed by atoms with van der Waals surface area (Å²) in [5, 5.41) is 18.4. The first kappa shape index (κ1) is 15.9. The molecule has 0 saturated heterocycles. The molecular formula is C8H8ClKO3. The molecule has 0 unspecified atom stereocenters. The summed E-state index contributed by atoms with van der Waals surface area (Å²) >= 11 is 5.47. The van der Waals surface area contributed by atoms with Gasteiger partial charge >= 0.3 is 51.4 Å². The fourth-order valence-corrected chi connectivity index (χ4v) is 0.561. The minimum Gasteiger partial charge on any atom is -0.872 e. The van der Waals surface area contributed by atoms with Gasteiger partial charge in [-0.3, -0.25) is 4.79 Å². The van der Waals surface area contributed by atoms with Gasteiger partial charge in [-0.2, -0.15) is 0 Å². The molecule has 66 valence electrons. The summed E-state index contributed by atoms with van der Waals surface area (Å²) in [4.78, 5) is 9.00. The van der Waals surface area contributed by atoms with Crippen LogP contribution in [0.5, 0.6) is 5.75 Å². The van der Waals surface area contributed by atoms with Crippen LogP contribution < -0.4 is 56.5 Å². The Bertz CT molecular complexity index is 223. The number of rotatable bonds is 0. The van der Waals surface area contributed by atoms with Crippen molar-refractivity contribution in [2.24, 2.45) is 0 Å². The molecule has 1 rings (SSSR count). The molecule has 0 radical (unpaired) electrons. The van der Waals surface area contributed by atoms with E-state index in [1.165, 1.54) is 12.1 Å². The SMILES string of the molecule is CC(=O)O.[K+].[O-]c1ccc(Cl)cc1. The molecule has 0 fully saturated rings. The smallest absolute Gasteiger partial charge is 0.872 e. The maximum Gasteiger partial charge on any atom is 1.00 e. The largest absolute Gasteiger partial charge is 1.00 e. The second kappa shape index (κ2) is 8.99. The third-order valence-electron chi connectivity index (χ3n) is 0.814. The van der Waals surface area contributed by atoms with Crippen LogP contribution in [-0.2, 0) is 4.79 Å². The molecule has 0 heterocycles. The van der Waals surface area contributed by atoms with Crippen molar-refractivity contribution in [3.63, 3.8) is 0 Å². The molecule has 5 heteroatoms. The van der Waals surface area contributed by atoms with E-state index in [1.54, 1.807) is 12.1 Å². The van der Waals surface area contributed by atoms with Crippen molar-refractivity contribution in [1.29, 1.82) is 0 Å². The van der Waals surface area contributed by atoms with E-state index in [9.17, 15) is 5.11 Å². The van der Waals surface area contributed by atoms with Crippen LogP contribution in [0.1, 0.15) is 6.92 Å². The number of aliphatic carboxylic acids is 1. The minimum absolute atomic E-state index is 0. The number of carbonyl (C=O) groups is 1. The second-order valence-electron chi connectivity index (χ2n) is 1.97. The zero-order valence-corrected chi connectivity index (χ0v) is 11.3. The van der Waals surface area contributed by atoms with Crippen LogP contribution in [-0.4, -0.2) is 11.1 Å². The maximum atomic E-state index is 10.4. The summed E-state index contributed by atoms with van der Waals surface area (Å²) in [6.45, 7) is 1.08. The number of hydrogen-bond acceptors (Lipinski definition) is 2. The fourth-order valence-electron chi connectivity index (χ4n) is 0.435. The van der Waals surface area contributed by atoms with Crippen LogP contribution in [0.25, 0.3) is 0 Å². The molecular weight excluding hydrogens is 219 g/mol. The topological polar surface area (TPSA) is 60.4 Å². The Labute approximate surface area is 124 Å². The summed E-state index contributed by atoms with van der Waals surface area (Å²) in [5.41, 5.74) is 0. The van der Waals surface area contributed by atoms with Gasteiger partial charge in [0.25, 0.3) is 5.97 Å². The van der Waals surface area contributed by atoms with E-state index < -0.39 is 5.97 Å². The van der Waals surface area contributed by atoms with Gasteiger partial charge < -0.3 is 10.2 Å². The normalized spacial score (nSPS) is 7.54. The Morgan fingerprint density at radius 1 is 1.38 bits per heavy atom. The van der Waals surface area contributed by atoms with Gasteiger partial charge in [0.1, 0.15) is 0 Å². The number of hydrogen-bond donors (Lipinski definition) is 1. The van der Waals surface area contributed by atoms with Gasteiger partial charge in [-0.15, -0.1) is 5.75 Å². The third kappa shape index (κ3) is 12.4. The predicted molar refractivity (Wildman–Crippen MR) is 44.2 cm³/mol. The van der Waals surface area contributed by atoms with Gasteiger partial charge in [0.2, 0.25) is 0 Å². The van der Waals surface area contributed by atoms with Gasteiger partial charge in [-0.25, -0.2) is 0 Å². The summed E-state index contributed by atoms with van der Waals surface area (Å²) in [6.07, 6.45) is 0. The number of halogens is 1. The van der Waals surface area contributed by atoms with Crippen LogP contribution in [0.3, 0.4) is 0 Å². The summed E-state index contributed by atoms with van der Waals surface area (Å²) in [5.74, 6) is -0.839. The van der Waals surface area contributed by atoms with Crippen molar-refractivity contribution in [3.8, 4) is 5.75 Å². The summed E-state index contributed by atoms with van der Waals surface area (Å²) < 4.78 is 0. The van der Waals surface area contributed by atoms with Crippen LogP contribution in [0.2, 0.25) is 5.02 Å². The first-order chi connectivity index (χ1) is 5.52. The van der Waals surface area contributed by atoms with Crippen molar-refractivity contribution in [1.82, 2.24) is 0 Å². The number of carboxylic acid groups (broad SMARTS) is 1. The fraction of sp³-hybridized carbons (Fsp3) is 0.125. The summed E-state index contributed by atoms with van der Waals surface area (Å²) in [7, 11) is 0. The first-order valence-electron chi connectivity index (χ1n) is 3.14. The van der Waals surface area contributed by atoms with Crippen LogP contribution in [0, 0.1) is 0 Å². The van der Waals surface area contributed by atoms with Gasteiger partial charge in [0, 0.05) is 11.9 Å². The first-order valence-corrected chi connectivity index (χ1v) is 3.52. The quantitative estimate of drug-likeness (QED) is 0.549. The molecule has 1 aromatic rings. The molecule has 0 aliphatic heterocycles. The molecule has 0 saturated carbocycles. The van der Waals surface area contributed by atoms with Gasteiger partial charge in [-0.1, -0.05) is 23.7 Å². The Morgan fingerprint density at radius 2 is 1.69 bits per heavy atom. The molecule has 0 spiro atoms. The van der Waals surface area contributed by atoms with Crippen molar-refractivity contribution in [2.45, 2.75) is 6.92 Å². The molecule has 1 N–H and O–H groups in total. The van der Waals surface area contributed by atoms with Crippen molar-refractivity contribution >= 4 is 17.6 Å². The Kier molecular flexibility index (Phi) is 11.0. The molecule has 0 atom stereocenters. The monoisotopic (exact) mass is 226 g/mol. The van der Waals surface area contributed by atoms with E-state index in [4.69, 9.17) is 21.5 Å². The average Bonchev–Trinajstić information content (AvgIpc) is 1.94. The van der Waals surface area contributed by atoms with Gasteiger partial charge in [0.05, 0.1) is 0 Å². The van der Waals surface area contributed by atoms with Crippen LogP contribution in [0.4, 0.5) is 0 Å². The predicted octanol–water partition coefficient (Wildman–Crippen LogP) is -1.49. The zero-order chi connectivity index (χ0) is 9.56. The Morgan fingerprint density at radius 3 is 1.92 bits per heavy atom. The van der Waals surface area contributed by atoms with Crippen LogP contribution in [0.15, 0.2) is 24.3 Å². The number of carboxylic acids is 1. The Balaban J connectivity index is 0. The second-order valence-corrected chi connectivity index (χ2v) is 2.41. The van der Waals surface area contributed by atoms with E-state index in [0.29, 0.717) is 5.02 Å². The van der Waals surface area contributed by atoms with E-state index in [-0.39, 0.29) is 57.1 Å². The molecule has 0 aliphatic rings. The van der Waals surface area contributed by atoms with E-state index in [1.807, 2.05) is 0 Å². The van der Waals surface area contributed by atoms with E-state index in [0.717, 1.165) is 6.92 Å². The molecule has 13 heavy (non-hydrogen) atoms. The van der Waals surface area contributed by atoms with Gasteiger partial charge in [-0.05, 0) is 12.1 Å². The maximum absolute atomic E-state index is 10.4. The number of benzene rings is 1. The molecule has 0 amide bonds. The molecule has 0 aliphatic carbocycles. The Hall–Kier alpha value is 0.416. The molecule has 0 aromatic heterocycles. The van der Waals surface area contributed by atoms with Crippen molar-refractivity contribution < 1.29 is 66.4 Å². The molecule has 0 bridgehead atoms. The van der Waals surface area contributed by atoms with E-state index >= 15 is 0 Å². The van der Waals surface area contributed by atoms with Crippen molar-refractivity contribution in [2.75, 3.05) is 0 Å². The third-order valence-corrected chi connectivity index (χ3v) is 1.07. The summed E-state index contributed by atoms with van der Waals surface area (Å²) in [6, 6.07) is 6.01. The van der Waals surface area contributed by atoms with Crippen LogP contribution >= 0.6 is 11.6 Å².